The molecular weight excluding hydrogens is 207 g/mol. The van der Waals surface area contributed by atoms with Gasteiger partial charge in [-0.15, -0.1) is 0 Å². The van der Waals surface area contributed by atoms with E-state index in [0.717, 1.165) is 0 Å². The number of carbonyl (C=O) groups is 1. The van der Waals surface area contributed by atoms with Crippen LogP contribution in [0.5, 0.6) is 0 Å². The minimum absolute atomic E-state index is 0.126. The number of rotatable bonds is 1. The Labute approximate surface area is 85.3 Å². The molecule has 1 saturated heterocycles. The molecule has 3 nitrogen and oxygen atoms in total. The van der Waals surface area contributed by atoms with Crippen molar-refractivity contribution in [2.24, 2.45) is 5.73 Å². The van der Waals surface area contributed by atoms with Gasteiger partial charge in [0.05, 0.1) is 17.3 Å². The normalized spacial score (nSPS) is 20.9. The maximum Gasteiger partial charge on any atom is 0.245 e. The van der Waals surface area contributed by atoms with Crippen molar-refractivity contribution in [1.82, 2.24) is 0 Å². The minimum Gasteiger partial charge on any atom is -0.318 e. The zero-order valence-corrected chi connectivity index (χ0v) is 7.96. The lowest BCUT2D eigenvalue weighted by molar-refractivity contribution is -0.123. The van der Waals surface area contributed by atoms with Gasteiger partial charge in [0, 0.05) is 0 Å². The van der Waals surface area contributed by atoms with Crippen LogP contribution in [0, 0.1) is 5.82 Å². The van der Waals surface area contributed by atoms with Crippen LogP contribution in [-0.2, 0) is 4.79 Å². The summed E-state index contributed by atoms with van der Waals surface area (Å²) < 4.78 is 13.3. The summed E-state index contributed by atoms with van der Waals surface area (Å²) >= 11 is 5.78. The molecule has 74 valence electrons. The Morgan fingerprint density at radius 1 is 1.57 bits per heavy atom. The molecule has 1 unspecified atom stereocenters. The van der Waals surface area contributed by atoms with Crippen molar-refractivity contribution in [3.05, 3.63) is 29.0 Å². The number of benzene rings is 1. The molecule has 2 N–H and O–H groups in total. The maximum absolute atomic E-state index is 13.3. The van der Waals surface area contributed by atoms with Crippen LogP contribution in [0.2, 0.25) is 5.02 Å². The van der Waals surface area contributed by atoms with Crippen LogP contribution in [0.25, 0.3) is 0 Å². The molecule has 0 aliphatic carbocycles. The predicted molar refractivity (Wildman–Crippen MR) is 51.7 cm³/mol. The third-order valence-corrected chi connectivity index (χ3v) is 2.47. The van der Waals surface area contributed by atoms with Gasteiger partial charge in [-0.1, -0.05) is 17.7 Å². The molecular formula is C9H8ClFN2O. The molecule has 0 saturated carbocycles. The maximum atomic E-state index is 13.3. The first-order valence-electron chi connectivity index (χ1n) is 4.12. The van der Waals surface area contributed by atoms with Gasteiger partial charge < -0.3 is 10.6 Å². The van der Waals surface area contributed by atoms with Gasteiger partial charge in [0.15, 0.2) is 0 Å². The molecule has 14 heavy (non-hydrogen) atoms. The van der Waals surface area contributed by atoms with E-state index in [2.05, 4.69) is 0 Å². The number of halogens is 2. The summed E-state index contributed by atoms with van der Waals surface area (Å²) in [6, 6.07) is 3.77. The number of hydrogen-bond donors (Lipinski definition) is 1. The second-order valence-electron chi connectivity index (χ2n) is 3.13. The minimum atomic E-state index is -0.523. The Morgan fingerprint density at radius 2 is 2.29 bits per heavy atom. The van der Waals surface area contributed by atoms with Crippen molar-refractivity contribution in [2.45, 2.75) is 6.04 Å². The predicted octanol–water partition coefficient (Wildman–Crippen LogP) is 1.15. The van der Waals surface area contributed by atoms with E-state index in [9.17, 15) is 9.18 Å². The first-order valence-corrected chi connectivity index (χ1v) is 4.50. The Balaban J connectivity index is 2.38. The van der Waals surface area contributed by atoms with Crippen LogP contribution in [0.4, 0.5) is 10.1 Å². The molecule has 0 aromatic heterocycles. The van der Waals surface area contributed by atoms with Gasteiger partial charge in [0.2, 0.25) is 5.91 Å². The highest BCUT2D eigenvalue weighted by Crippen LogP contribution is 2.31. The molecule has 1 aliphatic heterocycles. The van der Waals surface area contributed by atoms with Crippen LogP contribution >= 0.6 is 11.6 Å². The SMILES string of the molecule is NC1CN(c2c(F)cccc2Cl)C1=O. The lowest BCUT2D eigenvalue weighted by Crippen LogP contribution is -2.61. The highest BCUT2D eigenvalue weighted by atomic mass is 35.5. The van der Waals surface area contributed by atoms with E-state index < -0.39 is 11.9 Å². The van der Waals surface area contributed by atoms with Gasteiger partial charge in [-0.2, -0.15) is 0 Å². The Morgan fingerprint density at radius 3 is 2.79 bits per heavy atom. The molecule has 1 atom stereocenters. The highest BCUT2D eigenvalue weighted by molar-refractivity contribution is 6.34. The summed E-state index contributed by atoms with van der Waals surface area (Å²) in [6.45, 7) is 0.319. The zero-order chi connectivity index (χ0) is 10.3. The number of nitrogens with two attached hydrogens (primary N) is 1. The Hall–Kier alpha value is -1.13. The molecule has 0 radical (unpaired) electrons. The molecule has 0 spiro atoms. The number of carbonyl (C=O) groups excluding carboxylic acids is 1. The fourth-order valence-corrected chi connectivity index (χ4v) is 1.67. The van der Waals surface area contributed by atoms with Gasteiger partial charge in [-0.3, -0.25) is 4.79 Å². The molecule has 1 fully saturated rings. The number of para-hydroxylation sites is 1. The fraction of sp³-hybridized carbons (Fsp3) is 0.222. The fourth-order valence-electron chi connectivity index (χ4n) is 1.40. The van der Waals surface area contributed by atoms with E-state index in [0.29, 0.717) is 6.54 Å². The summed E-state index contributed by atoms with van der Waals surface area (Å²) in [4.78, 5) is 12.5. The average Bonchev–Trinajstić information content (AvgIpc) is 2.16. The number of anilines is 1. The van der Waals surface area contributed by atoms with Gasteiger partial charge in [-0.05, 0) is 12.1 Å². The van der Waals surface area contributed by atoms with Crippen molar-refractivity contribution >= 4 is 23.2 Å². The van der Waals surface area contributed by atoms with E-state index >= 15 is 0 Å². The number of β-lactam (4-membered cyclic amide) rings is 1. The summed E-state index contributed by atoms with van der Waals surface area (Å²) in [5.41, 5.74) is 5.52. The van der Waals surface area contributed by atoms with E-state index in [4.69, 9.17) is 17.3 Å². The monoisotopic (exact) mass is 214 g/mol. The second kappa shape index (κ2) is 3.22. The number of amides is 1. The first kappa shape index (κ1) is 9.43. The largest absolute Gasteiger partial charge is 0.318 e. The van der Waals surface area contributed by atoms with E-state index in [1.165, 1.54) is 23.1 Å². The van der Waals surface area contributed by atoms with Crippen molar-refractivity contribution in [3.63, 3.8) is 0 Å². The average molecular weight is 215 g/mol. The Bertz CT molecular complexity index is 376. The van der Waals surface area contributed by atoms with Gasteiger partial charge in [0.1, 0.15) is 11.9 Å². The third-order valence-electron chi connectivity index (χ3n) is 2.17. The number of hydrogen-bond acceptors (Lipinski definition) is 2. The molecule has 1 aromatic rings. The summed E-state index contributed by atoms with van der Waals surface area (Å²) in [6.07, 6.45) is 0. The molecule has 5 heteroatoms. The van der Waals surface area contributed by atoms with E-state index in [-0.39, 0.29) is 16.6 Å². The van der Waals surface area contributed by atoms with Crippen molar-refractivity contribution in [2.75, 3.05) is 11.4 Å². The van der Waals surface area contributed by atoms with Crippen molar-refractivity contribution in [3.8, 4) is 0 Å². The zero-order valence-electron chi connectivity index (χ0n) is 7.21. The van der Waals surface area contributed by atoms with Crippen LogP contribution in [-0.4, -0.2) is 18.5 Å². The highest BCUT2D eigenvalue weighted by Gasteiger charge is 2.36. The van der Waals surface area contributed by atoms with Gasteiger partial charge in [-0.25, -0.2) is 4.39 Å². The lowest BCUT2D eigenvalue weighted by Gasteiger charge is -2.36. The third kappa shape index (κ3) is 1.27. The van der Waals surface area contributed by atoms with Crippen LogP contribution in [0.15, 0.2) is 18.2 Å². The van der Waals surface area contributed by atoms with Gasteiger partial charge in [0.25, 0.3) is 0 Å². The molecule has 1 aliphatic rings. The van der Waals surface area contributed by atoms with Gasteiger partial charge >= 0.3 is 0 Å². The summed E-state index contributed by atoms with van der Waals surface area (Å²) in [7, 11) is 0. The molecule has 1 aromatic carbocycles. The molecule has 0 bridgehead atoms. The van der Waals surface area contributed by atoms with Crippen molar-refractivity contribution in [1.29, 1.82) is 0 Å². The number of nitrogens with zero attached hydrogens (tertiary/aromatic N) is 1. The molecule has 2 rings (SSSR count). The van der Waals surface area contributed by atoms with Crippen LogP contribution < -0.4 is 10.6 Å². The first-order chi connectivity index (χ1) is 6.61. The molecule has 1 heterocycles. The second-order valence-corrected chi connectivity index (χ2v) is 3.53. The van der Waals surface area contributed by atoms with E-state index in [1.54, 1.807) is 0 Å². The topological polar surface area (TPSA) is 46.3 Å². The smallest absolute Gasteiger partial charge is 0.245 e. The lowest BCUT2D eigenvalue weighted by atomic mass is 10.1. The summed E-state index contributed by atoms with van der Waals surface area (Å²) in [5, 5.41) is 0.227. The van der Waals surface area contributed by atoms with Crippen molar-refractivity contribution < 1.29 is 9.18 Å². The molecule has 1 amide bonds. The van der Waals surface area contributed by atoms with Crippen LogP contribution in [0.1, 0.15) is 0 Å². The Kier molecular flexibility index (Phi) is 2.17. The quantitative estimate of drug-likeness (QED) is 0.713. The van der Waals surface area contributed by atoms with E-state index in [1.807, 2.05) is 0 Å². The standard InChI is InChI=1S/C9H8ClFN2O/c10-5-2-1-3-6(11)8(5)13-4-7(12)9(13)14/h1-3,7H,4,12H2. The van der Waals surface area contributed by atoms with Crippen LogP contribution in [0.3, 0.4) is 0 Å². The summed E-state index contributed by atoms with van der Waals surface area (Å²) in [5.74, 6) is -0.797.